The number of ether oxygens (including phenoxy) is 1. The molecule has 3 heterocycles. The smallest absolute Gasteiger partial charge is 0.129 e. The molecule has 1 aliphatic rings. The number of piperazine rings is 1. The normalized spacial score (nSPS) is 15.0. The Morgan fingerprint density at radius 3 is 2.71 bits per heavy atom. The largest absolute Gasteiger partial charge is 0.496 e. The van der Waals surface area contributed by atoms with Gasteiger partial charge in [0.1, 0.15) is 16.6 Å². The number of halogens is 2. The first-order valence-electron chi connectivity index (χ1n) is 8.99. The van der Waals surface area contributed by atoms with Crippen LogP contribution in [0.3, 0.4) is 0 Å². The summed E-state index contributed by atoms with van der Waals surface area (Å²) in [6, 6.07) is 9.87. The zero-order chi connectivity index (χ0) is 19.5. The van der Waals surface area contributed by atoms with E-state index in [-0.39, 0.29) is 0 Å². The Morgan fingerprint density at radius 2 is 2.00 bits per heavy atom. The van der Waals surface area contributed by atoms with Crippen molar-refractivity contribution in [3.63, 3.8) is 0 Å². The molecule has 0 radical (unpaired) electrons. The fourth-order valence-electron chi connectivity index (χ4n) is 3.27. The Bertz CT molecular complexity index is 942. The van der Waals surface area contributed by atoms with Crippen molar-refractivity contribution in [2.75, 3.05) is 38.2 Å². The van der Waals surface area contributed by atoms with Crippen molar-refractivity contribution in [2.24, 2.45) is 0 Å². The number of methoxy groups -OCH3 is 1. The highest BCUT2D eigenvalue weighted by Crippen LogP contribution is 2.34. The van der Waals surface area contributed by atoms with Crippen molar-refractivity contribution >= 4 is 44.7 Å². The molecule has 28 heavy (non-hydrogen) atoms. The van der Waals surface area contributed by atoms with Gasteiger partial charge in [0.2, 0.25) is 0 Å². The Morgan fingerprint density at radius 1 is 1.18 bits per heavy atom. The van der Waals surface area contributed by atoms with E-state index in [1.807, 2.05) is 24.3 Å². The second-order valence-corrected chi connectivity index (χ2v) is 8.80. The third-order valence-electron chi connectivity index (χ3n) is 4.74. The Kier molecular flexibility index (Phi) is 6.16. The lowest BCUT2D eigenvalue weighted by atomic mass is 10.2. The van der Waals surface area contributed by atoms with Crippen molar-refractivity contribution in [1.82, 2.24) is 14.9 Å². The van der Waals surface area contributed by atoms with Gasteiger partial charge in [0, 0.05) is 48.8 Å². The standard InChI is InChI=1S/C20H20BrClN4OS/c1-27-18-4-2-14(21)10-17(18)20-24-16(13-28-20)12-25-6-8-26(9-7-25)19-5-3-15(22)11-23-19/h2-5,10-11,13H,6-9,12H2,1H3. The van der Waals surface area contributed by atoms with Gasteiger partial charge in [0.05, 0.1) is 23.4 Å². The maximum Gasteiger partial charge on any atom is 0.129 e. The van der Waals surface area contributed by atoms with Crippen LogP contribution in [0.15, 0.2) is 46.4 Å². The minimum Gasteiger partial charge on any atom is -0.496 e. The van der Waals surface area contributed by atoms with Crippen LogP contribution in [0.2, 0.25) is 5.02 Å². The number of benzene rings is 1. The second-order valence-electron chi connectivity index (χ2n) is 6.59. The highest BCUT2D eigenvalue weighted by Gasteiger charge is 2.19. The molecule has 0 unspecified atom stereocenters. The summed E-state index contributed by atoms with van der Waals surface area (Å²) >= 11 is 11.1. The topological polar surface area (TPSA) is 41.5 Å². The Labute approximate surface area is 182 Å². The predicted octanol–water partition coefficient (Wildman–Crippen LogP) is 4.95. The van der Waals surface area contributed by atoms with E-state index in [4.69, 9.17) is 21.3 Å². The molecule has 0 bridgehead atoms. The van der Waals surface area contributed by atoms with Gasteiger partial charge in [0.15, 0.2) is 0 Å². The van der Waals surface area contributed by atoms with Gasteiger partial charge in [-0.15, -0.1) is 11.3 Å². The van der Waals surface area contributed by atoms with Crippen molar-refractivity contribution in [3.05, 3.63) is 57.1 Å². The molecule has 0 N–H and O–H groups in total. The molecule has 0 amide bonds. The average molecular weight is 480 g/mol. The molecule has 3 aromatic rings. The first-order chi connectivity index (χ1) is 13.6. The SMILES string of the molecule is COc1ccc(Br)cc1-c1nc(CN2CCN(c3ccc(Cl)cn3)CC2)cs1. The molecule has 8 heteroatoms. The van der Waals surface area contributed by atoms with Crippen LogP contribution in [-0.2, 0) is 6.54 Å². The molecule has 0 atom stereocenters. The van der Waals surface area contributed by atoms with Crippen molar-refractivity contribution < 1.29 is 4.74 Å². The van der Waals surface area contributed by atoms with Crippen LogP contribution in [0.25, 0.3) is 10.6 Å². The van der Waals surface area contributed by atoms with Crippen molar-refractivity contribution in [1.29, 1.82) is 0 Å². The van der Waals surface area contributed by atoms with Crippen LogP contribution in [0.4, 0.5) is 5.82 Å². The molecule has 0 aliphatic carbocycles. The minimum atomic E-state index is 0.670. The van der Waals surface area contributed by atoms with Crippen molar-refractivity contribution in [2.45, 2.75) is 6.54 Å². The summed E-state index contributed by atoms with van der Waals surface area (Å²) in [7, 11) is 1.69. The lowest BCUT2D eigenvalue weighted by Crippen LogP contribution is -2.46. The van der Waals surface area contributed by atoms with E-state index >= 15 is 0 Å². The lowest BCUT2D eigenvalue weighted by Gasteiger charge is -2.35. The highest BCUT2D eigenvalue weighted by atomic mass is 79.9. The van der Waals surface area contributed by atoms with E-state index in [0.29, 0.717) is 5.02 Å². The van der Waals surface area contributed by atoms with Gasteiger partial charge >= 0.3 is 0 Å². The van der Waals surface area contributed by atoms with Crippen LogP contribution < -0.4 is 9.64 Å². The average Bonchev–Trinajstić information content (AvgIpc) is 3.17. The molecule has 1 saturated heterocycles. The van der Waals surface area contributed by atoms with E-state index in [1.165, 1.54) is 0 Å². The van der Waals surface area contributed by atoms with E-state index in [1.54, 1.807) is 24.6 Å². The quantitative estimate of drug-likeness (QED) is 0.518. The molecule has 2 aromatic heterocycles. The molecular formula is C20H20BrClN4OS. The number of rotatable bonds is 5. The summed E-state index contributed by atoms with van der Waals surface area (Å²) in [6.07, 6.45) is 1.70. The fourth-order valence-corrected chi connectivity index (χ4v) is 4.57. The first-order valence-corrected chi connectivity index (χ1v) is 11.0. The van der Waals surface area contributed by atoms with Gasteiger partial charge in [0.25, 0.3) is 0 Å². The van der Waals surface area contributed by atoms with Gasteiger partial charge in [-0.25, -0.2) is 9.97 Å². The number of thiazole rings is 1. The maximum absolute atomic E-state index is 5.93. The maximum atomic E-state index is 5.93. The van der Waals surface area contributed by atoms with Crippen LogP contribution in [-0.4, -0.2) is 48.2 Å². The Balaban J connectivity index is 1.39. The molecule has 5 nitrogen and oxygen atoms in total. The minimum absolute atomic E-state index is 0.670. The Hall–Kier alpha value is -1.67. The van der Waals surface area contributed by atoms with Crippen LogP contribution in [0.1, 0.15) is 5.69 Å². The third kappa shape index (κ3) is 4.49. The summed E-state index contributed by atoms with van der Waals surface area (Å²) in [4.78, 5) is 14.0. The lowest BCUT2D eigenvalue weighted by molar-refractivity contribution is 0.247. The molecule has 1 fully saturated rings. The van der Waals surface area contributed by atoms with E-state index in [9.17, 15) is 0 Å². The molecule has 1 aromatic carbocycles. The zero-order valence-electron chi connectivity index (χ0n) is 15.4. The monoisotopic (exact) mass is 478 g/mol. The number of aromatic nitrogens is 2. The number of anilines is 1. The summed E-state index contributed by atoms with van der Waals surface area (Å²) in [5.41, 5.74) is 2.12. The molecule has 146 valence electrons. The van der Waals surface area contributed by atoms with Gasteiger partial charge in [-0.1, -0.05) is 27.5 Å². The van der Waals surface area contributed by atoms with Gasteiger partial charge in [-0.2, -0.15) is 0 Å². The number of nitrogens with zero attached hydrogens (tertiary/aromatic N) is 4. The summed E-state index contributed by atoms with van der Waals surface area (Å²) < 4.78 is 6.51. The zero-order valence-corrected chi connectivity index (χ0v) is 18.6. The summed E-state index contributed by atoms with van der Waals surface area (Å²) in [5.74, 6) is 1.83. The van der Waals surface area contributed by atoms with E-state index in [0.717, 1.165) is 65.0 Å². The number of hydrogen-bond donors (Lipinski definition) is 0. The molecule has 4 rings (SSSR count). The second kappa shape index (κ2) is 8.78. The number of pyridine rings is 1. The van der Waals surface area contributed by atoms with Crippen molar-refractivity contribution in [3.8, 4) is 16.3 Å². The number of hydrogen-bond acceptors (Lipinski definition) is 6. The van der Waals surface area contributed by atoms with Gasteiger partial charge < -0.3 is 9.64 Å². The first kappa shape index (κ1) is 19.6. The summed E-state index contributed by atoms with van der Waals surface area (Å²) in [5, 5.41) is 3.80. The summed E-state index contributed by atoms with van der Waals surface area (Å²) in [6.45, 7) is 4.72. The third-order valence-corrected chi connectivity index (χ3v) is 6.38. The van der Waals surface area contributed by atoms with E-state index in [2.05, 4.69) is 42.2 Å². The fraction of sp³-hybridized carbons (Fsp3) is 0.300. The van der Waals surface area contributed by atoms with Crippen LogP contribution >= 0.6 is 38.9 Å². The molecule has 0 spiro atoms. The van der Waals surface area contributed by atoms with E-state index < -0.39 is 0 Å². The predicted molar refractivity (Wildman–Crippen MR) is 119 cm³/mol. The molecule has 0 saturated carbocycles. The van der Waals surface area contributed by atoms with Crippen LogP contribution in [0, 0.1) is 0 Å². The van der Waals surface area contributed by atoms with Gasteiger partial charge in [-0.3, -0.25) is 4.90 Å². The highest BCUT2D eigenvalue weighted by molar-refractivity contribution is 9.10. The molecule has 1 aliphatic heterocycles. The molecular weight excluding hydrogens is 460 g/mol. The van der Waals surface area contributed by atoms with Crippen LogP contribution in [0.5, 0.6) is 5.75 Å². The van der Waals surface area contributed by atoms with Gasteiger partial charge in [-0.05, 0) is 30.3 Å².